The lowest BCUT2D eigenvalue weighted by Crippen LogP contribution is -2.35. The first-order valence-electron chi connectivity index (χ1n) is 9.72. The lowest BCUT2D eigenvalue weighted by Gasteiger charge is -2.19. The van der Waals surface area contributed by atoms with Crippen LogP contribution in [0.15, 0.2) is 54.6 Å². The predicted octanol–water partition coefficient (Wildman–Crippen LogP) is 2.75. The average Bonchev–Trinajstić information content (AvgIpc) is 2.70. The van der Waals surface area contributed by atoms with Crippen molar-refractivity contribution in [1.82, 2.24) is 10.6 Å². The summed E-state index contributed by atoms with van der Waals surface area (Å²) in [5, 5.41) is 4.80. The minimum Gasteiger partial charge on any atom is -0.452 e. The molecule has 0 bridgehead atoms. The highest BCUT2D eigenvalue weighted by Crippen LogP contribution is 2.09. The number of carbonyl (C=O) groups excluding carboxylic acids is 4. The number of ether oxygens (including phenoxy) is 2. The smallest absolute Gasteiger partial charge is 0.407 e. The van der Waals surface area contributed by atoms with E-state index in [-0.39, 0.29) is 18.5 Å². The summed E-state index contributed by atoms with van der Waals surface area (Å²) >= 11 is 0. The van der Waals surface area contributed by atoms with Gasteiger partial charge in [-0.2, -0.15) is 0 Å². The van der Waals surface area contributed by atoms with Crippen molar-refractivity contribution in [2.75, 3.05) is 6.61 Å². The second kappa shape index (κ2) is 10.9. The first-order chi connectivity index (χ1) is 14.6. The number of hydrogen-bond donors (Lipinski definition) is 2. The molecule has 2 aromatic carbocycles. The highest BCUT2D eigenvalue weighted by Gasteiger charge is 2.16. The van der Waals surface area contributed by atoms with Crippen LogP contribution in [-0.2, 0) is 32.0 Å². The molecule has 2 aromatic rings. The van der Waals surface area contributed by atoms with Crippen molar-refractivity contribution in [3.05, 3.63) is 71.3 Å². The molecule has 8 heteroatoms. The standard InChI is InChI=1S/C23H26N2O6/c1-23(2,3)31-22(29)24-14-17-9-11-18(12-10-17)21(28)30-15-20(27)25-19(26)13-16-7-5-4-6-8-16/h4-12H,13-15H2,1-3H3,(H,24,29)(H,25,26,27). The first kappa shape index (κ1) is 23.6. The summed E-state index contributed by atoms with van der Waals surface area (Å²) in [6.45, 7) is 4.98. The maximum atomic E-state index is 12.1. The molecule has 0 atom stereocenters. The van der Waals surface area contributed by atoms with Gasteiger partial charge in [-0.1, -0.05) is 42.5 Å². The van der Waals surface area contributed by atoms with Crippen LogP contribution in [0.4, 0.5) is 4.79 Å². The van der Waals surface area contributed by atoms with Gasteiger partial charge in [-0.05, 0) is 44.0 Å². The number of nitrogens with one attached hydrogen (secondary N) is 2. The van der Waals surface area contributed by atoms with Gasteiger partial charge in [0.1, 0.15) is 5.60 Å². The number of alkyl carbamates (subject to hydrolysis) is 1. The number of esters is 1. The van der Waals surface area contributed by atoms with E-state index in [9.17, 15) is 19.2 Å². The molecule has 0 aromatic heterocycles. The molecule has 0 saturated carbocycles. The fraction of sp³-hybridized carbons (Fsp3) is 0.304. The van der Waals surface area contributed by atoms with E-state index in [2.05, 4.69) is 10.6 Å². The maximum Gasteiger partial charge on any atom is 0.407 e. The van der Waals surface area contributed by atoms with E-state index in [1.807, 2.05) is 6.07 Å². The zero-order valence-electron chi connectivity index (χ0n) is 17.8. The minimum absolute atomic E-state index is 0.0549. The van der Waals surface area contributed by atoms with Crippen molar-refractivity contribution < 1.29 is 28.7 Å². The van der Waals surface area contributed by atoms with E-state index >= 15 is 0 Å². The van der Waals surface area contributed by atoms with Gasteiger partial charge in [0, 0.05) is 6.54 Å². The van der Waals surface area contributed by atoms with Gasteiger partial charge in [-0.3, -0.25) is 14.9 Å². The summed E-state index contributed by atoms with van der Waals surface area (Å²) < 4.78 is 10.1. The molecule has 0 aliphatic rings. The molecule has 164 valence electrons. The zero-order chi connectivity index (χ0) is 22.9. The van der Waals surface area contributed by atoms with Gasteiger partial charge in [-0.15, -0.1) is 0 Å². The molecule has 0 saturated heterocycles. The van der Waals surface area contributed by atoms with Crippen molar-refractivity contribution in [3.8, 4) is 0 Å². The third-order valence-corrected chi connectivity index (χ3v) is 3.85. The SMILES string of the molecule is CC(C)(C)OC(=O)NCc1ccc(C(=O)OCC(=O)NC(=O)Cc2ccccc2)cc1. The molecule has 31 heavy (non-hydrogen) atoms. The van der Waals surface area contributed by atoms with Gasteiger partial charge in [-0.25, -0.2) is 9.59 Å². The first-order valence-corrected chi connectivity index (χ1v) is 9.72. The zero-order valence-corrected chi connectivity index (χ0v) is 17.8. The van der Waals surface area contributed by atoms with Crippen molar-refractivity contribution in [1.29, 1.82) is 0 Å². The monoisotopic (exact) mass is 426 g/mol. The van der Waals surface area contributed by atoms with Crippen LogP contribution in [0.1, 0.15) is 42.3 Å². The highest BCUT2D eigenvalue weighted by molar-refractivity contribution is 5.98. The second-order valence-corrected chi connectivity index (χ2v) is 7.76. The number of carbonyl (C=O) groups is 4. The van der Waals surface area contributed by atoms with Crippen molar-refractivity contribution in [2.24, 2.45) is 0 Å². The Bertz CT molecular complexity index is 917. The summed E-state index contributed by atoms with van der Waals surface area (Å²) in [6.07, 6.45) is -0.483. The Morgan fingerprint density at radius 2 is 1.48 bits per heavy atom. The van der Waals surface area contributed by atoms with Crippen LogP contribution >= 0.6 is 0 Å². The van der Waals surface area contributed by atoms with Crippen LogP contribution in [-0.4, -0.2) is 36.1 Å². The lowest BCUT2D eigenvalue weighted by molar-refractivity contribution is -0.132. The molecule has 0 unspecified atom stereocenters. The fourth-order valence-electron chi connectivity index (χ4n) is 2.48. The van der Waals surface area contributed by atoms with Gasteiger partial charge in [0.15, 0.2) is 6.61 Å². The molecule has 0 heterocycles. The summed E-state index contributed by atoms with van der Waals surface area (Å²) in [7, 11) is 0. The van der Waals surface area contributed by atoms with Gasteiger partial charge in [0.25, 0.3) is 5.91 Å². The van der Waals surface area contributed by atoms with Gasteiger partial charge in [0.05, 0.1) is 12.0 Å². The van der Waals surface area contributed by atoms with Gasteiger partial charge < -0.3 is 14.8 Å². The van der Waals surface area contributed by atoms with Crippen LogP contribution in [0.3, 0.4) is 0 Å². The Balaban J connectivity index is 1.74. The molecule has 0 spiro atoms. The van der Waals surface area contributed by atoms with Crippen LogP contribution in [0.5, 0.6) is 0 Å². The molecule has 8 nitrogen and oxygen atoms in total. The molecule has 0 aliphatic heterocycles. The molecule has 2 rings (SSSR count). The molecular weight excluding hydrogens is 400 g/mol. The second-order valence-electron chi connectivity index (χ2n) is 7.76. The van der Waals surface area contributed by atoms with E-state index in [0.29, 0.717) is 0 Å². The normalized spacial score (nSPS) is 10.7. The van der Waals surface area contributed by atoms with E-state index < -0.39 is 36.1 Å². The number of hydrogen-bond acceptors (Lipinski definition) is 6. The summed E-state index contributed by atoms with van der Waals surface area (Å²) in [5.74, 6) is -1.88. The van der Waals surface area contributed by atoms with Crippen LogP contribution in [0, 0.1) is 0 Å². The van der Waals surface area contributed by atoms with E-state index in [1.54, 1.807) is 57.2 Å². The Kier molecular flexibility index (Phi) is 8.31. The summed E-state index contributed by atoms with van der Waals surface area (Å²) in [5.41, 5.74) is 1.18. The largest absolute Gasteiger partial charge is 0.452 e. The Hall–Kier alpha value is -3.68. The molecule has 2 N–H and O–H groups in total. The summed E-state index contributed by atoms with van der Waals surface area (Å²) in [6, 6.07) is 15.3. The lowest BCUT2D eigenvalue weighted by atomic mass is 10.1. The number of rotatable bonds is 7. The highest BCUT2D eigenvalue weighted by atomic mass is 16.6. The summed E-state index contributed by atoms with van der Waals surface area (Å²) in [4.78, 5) is 47.4. The van der Waals surface area contributed by atoms with Crippen molar-refractivity contribution in [2.45, 2.75) is 39.3 Å². The number of amides is 3. The van der Waals surface area contributed by atoms with Crippen LogP contribution < -0.4 is 10.6 Å². The molecule has 0 aliphatic carbocycles. The minimum atomic E-state index is -0.701. The third kappa shape index (κ3) is 9.12. The van der Waals surface area contributed by atoms with Crippen molar-refractivity contribution >= 4 is 23.9 Å². The Morgan fingerprint density at radius 3 is 2.10 bits per heavy atom. The molecular formula is C23H26N2O6. The molecule has 0 fully saturated rings. The topological polar surface area (TPSA) is 111 Å². The predicted molar refractivity (Wildman–Crippen MR) is 113 cm³/mol. The quantitative estimate of drug-likeness (QED) is 0.659. The number of imide groups is 1. The van der Waals surface area contributed by atoms with E-state index in [0.717, 1.165) is 11.1 Å². The number of benzene rings is 2. The fourth-order valence-corrected chi connectivity index (χ4v) is 2.48. The van der Waals surface area contributed by atoms with Gasteiger partial charge in [0.2, 0.25) is 5.91 Å². The van der Waals surface area contributed by atoms with Crippen LogP contribution in [0.2, 0.25) is 0 Å². The van der Waals surface area contributed by atoms with Crippen molar-refractivity contribution in [3.63, 3.8) is 0 Å². The van der Waals surface area contributed by atoms with Gasteiger partial charge >= 0.3 is 12.1 Å². The molecule has 3 amide bonds. The van der Waals surface area contributed by atoms with E-state index in [4.69, 9.17) is 9.47 Å². The average molecular weight is 426 g/mol. The molecule has 0 radical (unpaired) electrons. The Morgan fingerprint density at radius 1 is 0.839 bits per heavy atom. The van der Waals surface area contributed by atoms with E-state index in [1.165, 1.54) is 12.1 Å². The Labute approximate surface area is 180 Å². The maximum absolute atomic E-state index is 12.1. The third-order valence-electron chi connectivity index (χ3n) is 3.85. The van der Waals surface area contributed by atoms with Crippen LogP contribution in [0.25, 0.3) is 0 Å².